The maximum absolute atomic E-state index is 12.6. The van der Waals surface area contributed by atoms with Gasteiger partial charge in [-0.05, 0) is 62.9 Å². The number of amides is 1. The normalized spacial score (nSPS) is 30.1. The van der Waals surface area contributed by atoms with E-state index in [9.17, 15) is 9.59 Å². The summed E-state index contributed by atoms with van der Waals surface area (Å²) >= 11 is 0. The lowest BCUT2D eigenvalue weighted by Gasteiger charge is -2.55. The zero-order chi connectivity index (χ0) is 19.1. The molecule has 2 bridgehead atoms. The first-order chi connectivity index (χ1) is 13.7. The van der Waals surface area contributed by atoms with Gasteiger partial charge < -0.3 is 15.1 Å². The number of nitrogens with one attached hydrogen (secondary N) is 2. The summed E-state index contributed by atoms with van der Waals surface area (Å²) in [5.41, 5.74) is 1.18. The molecule has 4 atom stereocenters. The Hall–Kier alpha value is -2.12. The van der Waals surface area contributed by atoms with Crippen molar-refractivity contribution in [2.75, 3.05) is 26.2 Å². The molecular weight excluding hydrogens is 356 g/mol. The Morgan fingerprint density at radius 1 is 1.21 bits per heavy atom. The van der Waals surface area contributed by atoms with Crippen molar-refractivity contribution in [2.24, 2.45) is 11.8 Å². The van der Waals surface area contributed by atoms with Crippen LogP contribution in [0.25, 0.3) is 11.1 Å². The minimum Gasteiger partial charge on any atom is -0.408 e. The third kappa shape index (κ3) is 3.16. The first kappa shape index (κ1) is 17.9. The average molecular weight is 384 g/mol. The molecule has 3 fully saturated rings. The summed E-state index contributed by atoms with van der Waals surface area (Å²) in [6, 6.07) is 8.25. The van der Waals surface area contributed by atoms with Crippen LogP contribution in [0.15, 0.2) is 33.5 Å². The van der Waals surface area contributed by atoms with E-state index >= 15 is 0 Å². The lowest BCUT2D eigenvalue weighted by atomic mass is 9.73. The number of aromatic nitrogens is 1. The van der Waals surface area contributed by atoms with Crippen LogP contribution < -0.4 is 16.4 Å². The van der Waals surface area contributed by atoms with E-state index in [-0.39, 0.29) is 12.5 Å². The van der Waals surface area contributed by atoms with E-state index < -0.39 is 5.76 Å². The number of oxazole rings is 1. The number of carbonyl (C=O) groups excluding carboxylic acids is 1. The summed E-state index contributed by atoms with van der Waals surface area (Å²) in [4.78, 5) is 27.4. The maximum atomic E-state index is 12.6. The Morgan fingerprint density at radius 2 is 2.07 bits per heavy atom. The van der Waals surface area contributed by atoms with Crippen molar-refractivity contribution >= 4 is 17.0 Å². The third-order valence-electron chi connectivity index (χ3n) is 6.91. The Balaban J connectivity index is 1.28. The van der Waals surface area contributed by atoms with E-state index in [0.717, 1.165) is 25.6 Å². The van der Waals surface area contributed by atoms with E-state index in [0.29, 0.717) is 35.6 Å². The van der Waals surface area contributed by atoms with Crippen LogP contribution in [0.1, 0.15) is 25.7 Å². The molecule has 150 valence electrons. The monoisotopic (exact) mass is 384 g/mol. The lowest BCUT2D eigenvalue weighted by molar-refractivity contribution is -0.122. The number of carbonyl (C=O) groups is 1. The second kappa shape index (κ2) is 7.37. The van der Waals surface area contributed by atoms with Gasteiger partial charge in [0.05, 0.1) is 5.52 Å². The van der Waals surface area contributed by atoms with E-state index in [1.165, 1.54) is 30.3 Å². The summed E-state index contributed by atoms with van der Waals surface area (Å²) in [5.74, 6) is 0.727. The summed E-state index contributed by atoms with van der Waals surface area (Å²) < 4.78 is 6.64. The van der Waals surface area contributed by atoms with Gasteiger partial charge >= 0.3 is 5.76 Å². The highest BCUT2D eigenvalue weighted by Crippen LogP contribution is 2.38. The molecule has 4 heterocycles. The largest absolute Gasteiger partial charge is 0.420 e. The summed E-state index contributed by atoms with van der Waals surface area (Å²) in [6.07, 6.45) is 5.11. The molecule has 28 heavy (non-hydrogen) atoms. The van der Waals surface area contributed by atoms with Crippen LogP contribution in [0.4, 0.5) is 0 Å². The molecule has 0 unspecified atom stereocenters. The molecular formula is C21H28N4O3. The van der Waals surface area contributed by atoms with Crippen molar-refractivity contribution in [1.82, 2.24) is 20.1 Å². The molecule has 3 aliphatic rings. The molecule has 2 aromatic rings. The van der Waals surface area contributed by atoms with Gasteiger partial charge in [0.25, 0.3) is 0 Å². The number of fused-ring (bicyclic) bond motifs is 5. The Morgan fingerprint density at radius 3 is 3.00 bits per heavy atom. The van der Waals surface area contributed by atoms with Gasteiger partial charge in [-0.1, -0.05) is 18.6 Å². The van der Waals surface area contributed by atoms with Gasteiger partial charge in [0.15, 0.2) is 5.58 Å². The van der Waals surface area contributed by atoms with Gasteiger partial charge in [0.2, 0.25) is 5.91 Å². The standard InChI is InChI=1S/C21H28N4O3/c26-20(13-25-17-6-1-2-7-19(17)28-21(25)27)23-12-18-15-9-14(10-22-11-15)16-5-3-4-8-24(16)18/h1-2,6-7,14-16,18,22H,3-5,8-13H2,(H,23,26)/t14-,15+,16+,18+/m1/s1. The van der Waals surface area contributed by atoms with Crippen molar-refractivity contribution in [3.8, 4) is 0 Å². The number of benzene rings is 1. The number of para-hydroxylation sites is 2. The molecule has 2 N–H and O–H groups in total. The molecule has 7 nitrogen and oxygen atoms in total. The summed E-state index contributed by atoms with van der Waals surface area (Å²) in [6.45, 7) is 3.96. The zero-order valence-electron chi connectivity index (χ0n) is 16.1. The van der Waals surface area contributed by atoms with E-state index in [4.69, 9.17) is 4.42 Å². The van der Waals surface area contributed by atoms with Crippen LogP contribution in [0.2, 0.25) is 0 Å². The number of hydrogen-bond donors (Lipinski definition) is 2. The fourth-order valence-corrected chi connectivity index (χ4v) is 5.63. The van der Waals surface area contributed by atoms with Crippen molar-refractivity contribution < 1.29 is 9.21 Å². The molecule has 0 radical (unpaired) electrons. The topological polar surface area (TPSA) is 79.5 Å². The molecule has 3 aliphatic heterocycles. The predicted molar refractivity (Wildman–Crippen MR) is 106 cm³/mol. The lowest BCUT2D eigenvalue weighted by Crippen LogP contribution is -2.65. The summed E-state index contributed by atoms with van der Waals surface area (Å²) in [7, 11) is 0. The van der Waals surface area contributed by atoms with E-state index in [2.05, 4.69) is 15.5 Å². The average Bonchev–Trinajstić information content (AvgIpc) is 3.03. The van der Waals surface area contributed by atoms with Crippen LogP contribution >= 0.6 is 0 Å². The van der Waals surface area contributed by atoms with E-state index in [1.807, 2.05) is 12.1 Å². The second-order valence-electron chi connectivity index (χ2n) is 8.51. The van der Waals surface area contributed by atoms with Gasteiger partial charge in [-0.15, -0.1) is 0 Å². The minimum absolute atomic E-state index is 0.00244. The number of rotatable bonds is 4. The van der Waals surface area contributed by atoms with Gasteiger partial charge in [0, 0.05) is 18.6 Å². The first-order valence-electron chi connectivity index (χ1n) is 10.5. The first-order valence-corrected chi connectivity index (χ1v) is 10.5. The molecule has 5 rings (SSSR count). The predicted octanol–water partition coefficient (Wildman–Crippen LogP) is 1.17. The van der Waals surface area contributed by atoms with Crippen molar-refractivity contribution in [2.45, 2.75) is 44.3 Å². The van der Waals surface area contributed by atoms with E-state index in [1.54, 1.807) is 12.1 Å². The van der Waals surface area contributed by atoms with Crippen LogP contribution in [-0.4, -0.2) is 53.6 Å². The smallest absolute Gasteiger partial charge is 0.408 e. The molecule has 1 aromatic carbocycles. The molecule has 1 aromatic heterocycles. The van der Waals surface area contributed by atoms with Gasteiger partial charge in [0.1, 0.15) is 6.54 Å². The van der Waals surface area contributed by atoms with Crippen LogP contribution in [0, 0.1) is 11.8 Å². The molecule has 1 amide bonds. The highest BCUT2D eigenvalue weighted by atomic mass is 16.4. The number of piperidine rings is 3. The fraction of sp³-hybridized carbons (Fsp3) is 0.619. The van der Waals surface area contributed by atoms with Crippen molar-refractivity contribution in [1.29, 1.82) is 0 Å². The van der Waals surface area contributed by atoms with Gasteiger partial charge in [-0.2, -0.15) is 0 Å². The minimum atomic E-state index is -0.482. The van der Waals surface area contributed by atoms with Crippen LogP contribution in [-0.2, 0) is 11.3 Å². The molecule has 0 saturated carbocycles. The Bertz CT molecular complexity index is 920. The zero-order valence-corrected chi connectivity index (χ0v) is 16.1. The van der Waals surface area contributed by atoms with Gasteiger partial charge in [-0.3, -0.25) is 14.3 Å². The highest BCUT2D eigenvalue weighted by molar-refractivity contribution is 5.79. The van der Waals surface area contributed by atoms with Crippen LogP contribution in [0.5, 0.6) is 0 Å². The SMILES string of the molecule is O=C(Cn1c(=O)oc2ccccc21)NC[C@H]1[C@@H]2CNC[C@@H](C2)[C@@H]2CCCCN21. The van der Waals surface area contributed by atoms with Gasteiger partial charge in [-0.25, -0.2) is 4.79 Å². The molecule has 0 spiro atoms. The fourth-order valence-electron chi connectivity index (χ4n) is 5.63. The highest BCUT2D eigenvalue weighted by Gasteiger charge is 2.45. The Kier molecular flexibility index (Phi) is 4.72. The van der Waals surface area contributed by atoms with Crippen molar-refractivity contribution in [3.63, 3.8) is 0 Å². The van der Waals surface area contributed by atoms with Crippen molar-refractivity contribution in [3.05, 3.63) is 34.8 Å². The Labute approximate surface area is 164 Å². The quantitative estimate of drug-likeness (QED) is 0.827. The molecule has 0 aliphatic carbocycles. The second-order valence-corrected chi connectivity index (χ2v) is 8.51. The molecule has 7 heteroatoms. The molecule has 3 saturated heterocycles. The third-order valence-corrected chi connectivity index (χ3v) is 6.91. The number of nitrogens with zero attached hydrogens (tertiary/aromatic N) is 2. The summed E-state index contributed by atoms with van der Waals surface area (Å²) in [5, 5.41) is 6.71. The van der Waals surface area contributed by atoms with Crippen LogP contribution in [0.3, 0.4) is 0 Å². The maximum Gasteiger partial charge on any atom is 0.420 e. The number of hydrogen-bond acceptors (Lipinski definition) is 5.